The van der Waals surface area contributed by atoms with E-state index in [-0.39, 0.29) is 5.91 Å². The van der Waals surface area contributed by atoms with Crippen LogP contribution in [0, 0.1) is 0 Å². The number of ether oxygens (including phenoxy) is 1. The van der Waals surface area contributed by atoms with Crippen LogP contribution < -0.4 is 10.5 Å². The van der Waals surface area contributed by atoms with Crippen LogP contribution >= 0.6 is 0 Å². The first-order valence-corrected chi connectivity index (χ1v) is 6.39. The standard InChI is InChI=1S/C13H20N4O2/c1-19-13-3-2-11(8-15-13)9-16-4-6-17(7-5-16)10-12(14)18/h2-3,8H,4-7,9-10H2,1H3,(H2,14,18). The molecule has 0 aromatic carbocycles. The molecule has 2 rings (SSSR count). The number of nitrogens with zero attached hydrogens (tertiary/aromatic N) is 3. The number of carbonyl (C=O) groups is 1. The summed E-state index contributed by atoms with van der Waals surface area (Å²) in [6, 6.07) is 3.90. The third-order valence-corrected chi connectivity index (χ3v) is 3.26. The molecule has 1 aromatic rings. The maximum atomic E-state index is 10.8. The average molecular weight is 264 g/mol. The van der Waals surface area contributed by atoms with E-state index in [1.165, 1.54) is 5.56 Å². The lowest BCUT2D eigenvalue weighted by molar-refractivity contribution is -0.119. The van der Waals surface area contributed by atoms with Crippen molar-refractivity contribution >= 4 is 5.91 Å². The molecule has 1 aliphatic heterocycles. The summed E-state index contributed by atoms with van der Waals surface area (Å²) in [5.74, 6) is 0.378. The Labute approximate surface area is 113 Å². The maximum Gasteiger partial charge on any atom is 0.231 e. The largest absolute Gasteiger partial charge is 0.481 e. The Morgan fingerprint density at radius 2 is 2.00 bits per heavy atom. The van der Waals surface area contributed by atoms with Gasteiger partial charge in [0.05, 0.1) is 13.7 Å². The summed E-state index contributed by atoms with van der Waals surface area (Å²) < 4.78 is 5.04. The zero-order valence-corrected chi connectivity index (χ0v) is 11.2. The molecule has 104 valence electrons. The monoisotopic (exact) mass is 264 g/mol. The minimum atomic E-state index is -0.257. The van der Waals surface area contributed by atoms with E-state index in [1.54, 1.807) is 7.11 Å². The van der Waals surface area contributed by atoms with Gasteiger partial charge < -0.3 is 10.5 Å². The lowest BCUT2D eigenvalue weighted by atomic mass is 10.2. The topological polar surface area (TPSA) is 71.7 Å². The highest BCUT2D eigenvalue weighted by Gasteiger charge is 2.17. The number of primary amides is 1. The Bertz CT molecular complexity index is 413. The first-order valence-electron chi connectivity index (χ1n) is 6.39. The summed E-state index contributed by atoms with van der Waals surface area (Å²) in [4.78, 5) is 19.5. The van der Waals surface area contributed by atoms with Gasteiger partial charge in [-0.25, -0.2) is 4.98 Å². The van der Waals surface area contributed by atoms with Crippen LogP contribution in [0.5, 0.6) is 5.88 Å². The molecule has 2 heterocycles. The smallest absolute Gasteiger partial charge is 0.231 e. The molecule has 0 unspecified atom stereocenters. The normalized spacial score (nSPS) is 17.3. The minimum Gasteiger partial charge on any atom is -0.481 e. The summed E-state index contributed by atoms with van der Waals surface area (Å²) in [7, 11) is 1.61. The van der Waals surface area contributed by atoms with Crippen LogP contribution in [-0.2, 0) is 11.3 Å². The minimum absolute atomic E-state index is 0.257. The van der Waals surface area contributed by atoms with Gasteiger partial charge in [-0.05, 0) is 5.56 Å². The predicted molar refractivity (Wildman–Crippen MR) is 71.7 cm³/mol. The highest BCUT2D eigenvalue weighted by Crippen LogP contribution is 2.10. The SMILES string of the molecule is COc1ccc(CN2CCN(CC(N)=O)CC2)cn1. The van der Waals surface area contributed by atoms with Crippen LogP contribution in [0.1, 0.15) is 5.56 Å². The van der Waals surface area contributed by atoms with Crippen molar-refractivity contribution in [2.75, 3.05) is 39.8 Å². The number of hydrogen-bond donors (Lipinski definition) is 1. The van der Waals surface area contributed by atoms with Crippen LogP contribution in [-0.4, -0.2) is 60.5 Å². The molecule has 1 amide bonds. The Balaban J connectivity index is 1.80. The molecule has 1 fully saturated rings. The Hall–Kier alpha value is -1.66. The van der Waals surface area contributed by atoms with Crippen LogP contribution in [0.4, 0.5) is 0 Å². The second-order valence-electron chi connectivity index (χ2n) is 4.73. The lowest BCUT2D eigenvalue weighted by Crippen LogP contribution is -2.48. The second-order valence-corrected chi connectivity index (χ2v) is 4.73. The fourth-order valence-corrected chi connectivity index (χ4v) is 2.21. The van der Waals surface area contributed by atoms with Crippen molar-refractivity contribution in [3.63, 3.8) is 0 Å². The Kier molecular flexibility index (Phi) is 4.70. The van der Waals surface area contributed by atoms with Crippen molar-refractivity contribution in [1.29, 1.82) is 0 Å². The highest BCUT2D eigenvalue weighted by molar-refractivity contribution is 5.75. The van der Waals surface area contributed by atoms with Gasteiger partial charge in [-0.15, -0.1) is 0 Å². The number of amides is 1. The first-order chi connectivity index (χ1) is 9.17. The van der Waals surface area contributed by atoms with Crippen molar-refractivity contribution < 1.29 is 9.53 Å². The number of methoxy groups -OCH3 is 1. The molecule has 6 heteroatoms. The molecule has 1 aliphatic rings. The van der Waals surface area contributed by atoms with Crippen LogP contribution in [0.25, 0.3) is 0 Å². The van der Waals surface area contributed by atoms with E-state index in [2.05, 4.69) is 14.8 Å². The molecule has 0 bridgehead atoms. The van der Waals surface area contributed by atoms with E-state index in [0.29, 0.717) is 12.4 Å². The van der Waals surface area contributed by atoms with Gasteiger partial charge in [0.2, 0.25) is 11.8 Å². The van der Waals surface area contributed by atoms with Crippen molar-refractivity contribution in [3.05, 3.63) is 23.9 Å². The van der Waals surface area contributed by atoms with Gasteiger partial charge in [0.1, 0.15) is 0 Å². The summed E-state index contributed by atoms with van der Waals surface area (Å²) >= 11 is 0. The molecule has 0 aliphatic carbocycles. The van der Waals surface area contributed by atoms with Crippen molar-refractivity contribution in [3.8, 4) is 5.88 Å². The van der Waals surface area contributed by atoms with Gasteiger partial charge in [0, 0.05) is 45.0 Å². The molecular weight excluding hydrogens is 244 g/mol. The molecule has 19 heavy (non-hydrogen) atoms. The number of aromatic nitrogens is 1. The zero-order chi connectivity index (χ0) is 13.7. The fourth-order valence-electron chi connectivity index (χ4n) is 2.21. The predicted octanol–water partition coefficient (Wildman–Crippen LogP) is -0.307. The van der Waals surface area contributed by atoms with Crippen LogP contribution in [0.3, 0.4) is 0 Å². The molecule has 0 atom stereocenters. The lowest BCUT2D eigenvalue weighted by Gasteiger charge is -2.33. The zero-order valence-electron chi connectivity index (χ0n) is 11.2. The molecule has 0 saturated carbocycles. The van der Waals surface area contributed by atoms with Gasteiger partial charge in [-0.2, -0.15) is 0 Å². The van der Waals surface area contributed by atoms with Gasteiger partial charge in [0.15, 0.2) is 0 Å². The van der Waals surface area contributed by atoms with Gasteiger partial charge in [-0.3, -0.25) is 14.6 Å². The number of carbonyl (C=O) groups excluding carboxylic acids is 1. The molecular formula is C13H20N4O2. The van der Waals surface area contributed by atoms with Crippen molar-refractivity contribution in [1.82, 2.24) is 14.8 Å². The third kappa shape index (κ3) is 4.18. The highest BCUT2D eigenvalue weighted by atomic mass is 16.5. The molecule has 0 spiro atoms. The van der Waals surface area contributed by atoms with E-state index in [9.17, 15) is 4.79 Å². The molecule has 0 radical (unpaired) electrons. The van der Waals surface area contributed by atoms with Crippen molar-refractivity contribution in [2.45, 2.75) is 6.54 Å². The molecule has 2 N–H and O–H groups in total. The van der Waals surface area contributed by atoms with Gasteiger partial charge in [-0.1, -0.05) is 6.07 Å². The number of nitrogens with two attached hydrogens (primary N) is 1. The number of rotatable bonds is 5. The van der Waals surface area contributed by atoms with Crippen LogP contribution in [0.15, 0.2) is 18.3 Å². The summed E-state index contributed by atoms with van der Waals surface area (Å²) in [5, 5.41) is 0. The Morgan fingerprint density at radius 1 is 1.32 bits per heavy atom. The number of piperazine rings is 1. The van der Waals surface area contributed by atoms with E-state index in [4.69, 9.17) is 10.5 Å². The van der Waals surface area contributed by atoms with Gasteiger partial charge in [0.25, 0.3) is 0 Å². The summed E-state index contributed by atoms with van der Waals surface area (Å²) in [5.41, 5.74) is 6.37. The first kappa shape index (κ1) is 13.8. The van der Waals surface area contributed by atoms with Crippen molar-refractivity contribution in [2.24, 2.45) is 5.73 Å². The average Bonchev–Trinajstić information content (AvgIpc) is 2.41. The van der Waals surface area contributed by atoms with E-state index in [0.717, 1.165) is 32.7 Å². The van der Waals surface area contributed by atoms with E-state index in [1.807, 2.05) is 18.3 Å². The summed E-state index contributed by atoms with van der Waals surface area (Å²) in [6.45, 7) is 4.89. The maximum absolute atomic E-state index is 10.8. The van der Waals surface area contributed by atoms with E-state index < -0.39 is 0 Å². The number of pyridine rings is 1. The van der Waals surface area contributed by atoms with Gasteiger partial charge >= 0.3 is 0 Å². The quantitative estimate of drug-likeness (QED) is 0.790. The van der Waals surface area contributed by atoms with Crippen LogP contribution in [0.2, 0.25) is 0 Å². The molecule has 6 nitrogen and oxygen atoms in total. The fraction of sp³-hybridized carbons (Fsp3) is 0.538. The second kappa shape index (κ2) is 6.49. The third-order valence-electron chi connectivity index (χ3n) is 3.26. The number of hydrogen-bond acceptors (Lipinski definition) is 5. The molecule has 1 saturated heterocycles. The van der Waals surface area contributed by atoms with E-state index >= 15 is 0 Å². The summed E-state index contributed by atoms with van der Waals surface area (Å²) in [6.07, 6.45) is 1.84. The molecule has 1 aromatic heterocycles. The Morgan fingerprint density at radius 3 is 2.53 bits per heavy atom.